The first-order valence-corrected chi connectivity index (χ1v) is 5.24. The summed E-state index contributed by atoms with van der Waals surface area (Å²) in [5.41, 5.74) is 0. The number of hydrogen-bond donors (Lipinski definition) is 0. The van der Waals surface area contributed by atoms with Gasteiger partial charge < -0.3 is 8.83 Å². The first kappa shape index (κ1) is 9.97. The highest BCUT2D eigenvalue weighted by Gasteiger charge is 2.11. The topological polar surface area (TPSA) is 69.1 Å². The molecule has 5 nitrogen and oxygen atoms in total. The molecule has 0 N–H and O–H groups in total. The Morgan fingerprint density at radius 2 is 2.40 bits per heavy atom. The van der Waals surface area contributed by atoms with E-state index in [1.54, 1.807) is 19.1 Å². The van der Waals surface area contributed by atoms with Crippen molar-refractivity contribution in [3.05, 3.63) is 30.0 Å². The molecular weight excluding hydrogens is 216 g/mol. The van der Waals surface area contributed by atoms with Gasteiger partial charge in [-0.15, -0.1) is 10.2 Å². The minimum atomic E-state index is -0.0964. The predicted molar refractivity (Wildman–Crippen MR) is 52.8 cm³/mol. The van der Waals surface area contributed by atoms with Crippen molar-refractivity contribution >= 4 is 17.5 Å². The van der Waals surface area contributed by atoms with Crippen LogP contribution in [0.5, 0.6) is 0 Å². The van der Waals surface area contributed by atoms with Crippen molar-refractivity contribution in [1.82, 2.24) is 10.2 Å². The molecule has 0 unspecified atom stereocenters. The summed E-state index contributed by atoms with van der Waals surface area (Å²) in [6, 6.07) is 3.30. The zero-order valence-corrected chi connectivity index (χ0v) is 8.78. The Bertz CT molecular complexity index is 450. The highest BCUT2D eigenvalue weighted by Crippen LogP contribution is 2.17. The van der Waals surface area contributed by atoms with Crippen LogP contribution in [0.1, 0.15) is 16.4 Å². The first-order valence-electron chi connectivity index (χ1n) is 4.25. The van der Waals surface area contributed by atoms with Crippen molar-refractivity contribution in [2.45, 2.75) is 12.1 Å². The van der Waals surface area contributed by atoms with Crippen LogP contribution in [0.25, 0.3) is 0 Å². The Morgan fingerprint density at radius 1 is 1.53 bits per heavy atom. The number of thioether (sulfide) groups is 1. The monoisotopic (exact) mass is 224 g/mol. The Kier molecular flexibility index (Phi) is 2.86. The standard InChI is InChI=1S/C9H8N2O3S/c1-6-10-11-9(14-6)15-5-7(12)8-3-2-4-13-8/h2-4H,5H2,1H3. The summed E-state index contributed by atoms with van der Waals surface area (Å²) >= 11 is 1.20. The molecule has 0 amide bonds. The van der Waals surface area contributed by atoms with Gasteiger partial charge in [-0.1, -0.05) is 11.8 Å². The zero-order chi connectivity index (χ0) is 10.7. The Labute approximate surface area is 89.9 Å². The second kappa shape index (κ2) is 4.31. The van der Waals surface area contributed by atoms with Crippen molar-refractivity contribution in [3.63, 3.8) is 0 Å². The molecule has 0 radical (unpaired) electrons. The quantitative estimate of drug-likeness (QED) is 0.584. The lowest BCUT2D eigenvalue weighted by atomic mass is 10.3. The lowest BCUT2D eigenvalue weighted by molar-refractivity contribution is 0.0992. The Morgan fingerprint density at radius 3 is 3.00 bits per heavy atom. The van der Waals surface area contributed by atoms with Crippen LogP contribution in [0, 0.1) is 6.92 Å². The van der Waals surface area contributed by atoms with Crippen molar-refractivity contribution in [2.24, 2.45) is 0 Å². The summed E-state index contributed by atoms with van der Waals surface area (Å²) in [5.74, 6) is 0.970. The fourth-order valence-corrected chi connectivity index (χ4v) is 1.65. The minimum Gasteiger partial charge on any atom is -0.461 e. The van der Waals surface area contributed by atoms with E-state index in [2.05, 4.69) is 10.2 Å². The molecule has 78 valence electrons. The highest BCUT2D eigenvalue weighted by atomic mass is 32.2. The van der Waals surface area contributed by atoms with Gasteiger partial charge in [0.25, 0.3) is 5.22 Å². The van der Waals surface area contributed by atoms with E-state index in [0.29, 0.717) is 16.9 Å². The van der Waals surface area contributed by atoms with Gasteiger partial charge in [-0.25, -0.2) is 0 Å². The van der Waals surface area contributed by atoms with E-state index in [0.717, 1.165) is 0 Å². The number of aromatic nitrogens is 2. The van der Waals surface area contributed by atoms with Crippen molar-refractivity contribution in [1.29, 1.82) is 0 Å². The second-order valence-electron chi connectivity index (χ2n) is 2.78. The molecular formula is C9H8N2O3S. The molecule has 0 saturated heterocycles. The molecule has 0 saturated carbocycles. The van der Waals surface area contributed by atoms with Crippen LogP contribution in [0.15, 0.2) is 32.5 Å². The van der Waals surface area contributed by atoms with Gasteiger partial charge in [-0.2, -0.15) is 0 Å². The SMILES string of the molecule is Cc1nnc(SCC(=O)c2ccco2)o1. The van der Waals surface area contributed by atoms with Crippen LogP contribution in [0.2, 0.25) is 0 Å². The zero-order valence-electron chi connectivity index (χ0n) is 7.97. The third-order valence-electron chi connectivity index (χ3n) is 1.63. The second-order valence-corrected chi connectivity index (χ2v) is 3.70. The van der Waals surface area contributed by atoms with E-state index in [1.165, 1.54) is 18.0 Å². The number of aryl methyl sites for hydroxylation is 1. The molecule has 6 heteroatoms. The van der Waals surface area contributed by atoms with Crippen molar-refractivity contribution in [3.8, 4) is 0 Å². The van der Waals surface area contributed by atoms with Gasteiger partial charge in [0, 0.05) is 6.92 Å². The highest BCUT2D eigenvalue weighted by molar-refractivity contribution is 7.99. The van der Waals surface area contributed by atoms with Crippen LogP contribution in [0.3, 0.4) is 0 Å². The molecule has 0 aromatic carbocycles. The van der Waals surface area contributed by atoms with Gasteiger partial charge in [0.05, 0.1) is 12.0 Å². The summed E-state index contributed by atoms with van der Waals surface area (Å²) in [7, 11) is 0. The van der Waals surface area contributed by atoms with Gasteiger partial charge in [0.15, 0.2) is 5.76 Å². The molecule has 2 heterocycles. The normalized spacial score (nSPS) is 10.5. The lowest BCUT2D eigenvalue weighted by Gasteiger charge is -1.92. The molecule has 0 atom stereocenters. The third-order valence-corrected chi connectivity index (χ3v) is 2.45. The van der Waals surface area contributed by atoms with Gasteiger partial charge >= 0.3 is 0 Å². The summed E-state index contributed by atoms with van der Waals surface area (Å²) in [5, 5.41) is 7.81. The van der Waals surface area contributed by atoms with E-state index in [4.69, 9.17) is 8.83 Å². The number of carbonyl (C=O) groups is 1. The van der Waals surface area contributed by atoms with Crippen LogP contribution >= 0.6 is 11.8 Å². The van der Waals surface area contributed by atoms with Crippen LogP contribution in [0.4, 0.5) is 0 Å². The van der Waals surface area contributed by atoms with Gasteiger partial charge in [-0.3, -0.25) is 4.79 Å². The molecule has 2 aromatic heterocycles. The van der Waals surface area contributed by atoms with Gasteiger partial charge in [0.1, 0.15) is 0 Å². The van der Waals surface area contributed by atoms with Crippen LogP contribution in [-0.2, 0) is 0 Å². The molecule has 0 spiro atoms. The average molecular weight is 224 g/mol. The first-order chi connectivity index (χ1) is 7.25. The minimum absolute atomic E-state index is 0.0964. The van der Waals surface area contributed by atoms with Gasteiger partial charge in [-0.05, 0) is 12.1 Å². The maximum atomic E-state index is 11.5. The summed E-state index contributed by atoms with van der Waals surface area (Å²) in [4.78, 5) is 11.5. The maximum absolute atomic E-state index is 11.5. The predicted octanol–water partition coefficient (Wildman–Crippen LogP) is 1.95. The number of carbonyl (C=O) groups excluding carboxylic acids is 1. The molecule has 0 fully saturated rings. The summed E-state index contributed by atoms with van der Waals surface area (Å²) in [6.07, 6.45) is 1.47. The summed E-state index contributed by atoms with van der Waals surface area (Å²) in [6.45, 7) is 1.70. The van der Waals surface area contributed by atoms with Crippen LogP contribution < -0.4 is 0 Å². The maximum Gasteiger partial charge on any atom is 0.277 e. The fourth-order valence-electron chi connectivity index (χ4n) is 0.972. The Balaban J connectivity index is 1.91. The average Bonchev–Trinajstić information content (AvgIpc) is 2.84. The van der Waals surface area contributed by atoms with Gasteiger partial charge in [0.2, 0.25) is 11.7 Å². The smallest absolute Gasteiger partial charge is 0.277 e. The molecule has 0 bridgehead atoms. The summed E-state index contributed by atoms with van der Waals surface area (Å²) < 4.78 is 10.1. The van der Waals surface area contributed by atoms with E-state index < -0.39 is 0 Å². The van der Waals surface area contributed by atoms with E-state index in [-0.39, 0.29) is 11.5 Å². The molecule has 2 rings (SSSR count). The molecule has 0 aliphatic heterocycles. The number of hydrogen-bond acceptors (Lipinski definition) is 6. The lowest BCUT2D eigenvalue weighted by Crippen LogP contribution is -2.00. The number of nitrogens with zero attached hydrogens (tertiary/aromatic N) is 2. The van der Waals surface area contributed by atoms with Crippen LogP contribution in [-0.4, -0.2) is 21.7 Å². The van der Waals surface area contributed by atoms with E-state index in [1.807, 2.05) is 0 Å². The molecule has 0 aliphatic rings. The largest absolute Gasteiger partial charge is 0.461 e. The number of ketones is 1. The van der Waals surface area contributed by atoms with E-state index in [9.17, 15) is 4.79 Å². The van der Waals surface area contributed by atoms with E-state index >= 15 is 0 Å². The van der Waals surface area contributed by atoms with Crippen molar-refractivity contribution < 1.29 is 13.6 Å². The molecule has 2 aromatic rings. The van der Waals surface area contributed by atoms with Crippen molar-refractivity contribution in [2.75, 3.05) is 5.75 Å². The molecule has 0 aliphatic carbocycles. The number of rotatable bonds is 4. The Hall–Kier alpha value is -1.56. The fraction of sp³-hybridized carbons (Fsp3) is 0.222. The third kappa shape index (κ3) is 2.47. The number of Topliss-reactive ketones (excluding diaryl/α,β-unsaturated/α-hetero) is 1. The molecule has 15 heavy (non-hydrogen) atoms. The number of furan rings is 1.